The summed E-state index contributed by atoms with van der Waals surface area (Å²) in [5, 5.41) is 0. The molecule has 3 aliphatic rings. The Balaban J connectivity index is 1.47. The molecule has 162 valence electrons. The highest BCUT2D eigenvalue weighted by Crippen LogP contribution is 2.57. The summed E-state index contributed by atoms with van der Waals surface area (Å²) in [6.07, 6.45) is 5.04. The molecule has 0 unspecified atom stereocenters. The van der Waals surface area contributed by atoms with Gasteiger partial charge in [-0.25, -0.2) is 0 Å². The quantitative estimate of drug-likeness (QED) is 0.440. The molecule has 1 spiro atoms. The van der Waals surface area contributed by atoms with Crippen molar-refractivity contribution in [1.82, 2.24) is 0 Å². The third-order valence-corrected chi connectivity index (χ3v) is 8.47. The maximum Gasteiger partial charge on any atom is 0.494 e. The van der Waals surface area contributed by atoms with E-state index in [0.717, 1.165) is 5.46 Å². The van der Waals surface area contributed by atoms with Crippen LogP contribution in [0.15, 0.2) is 66.7 Å². The summed E-state index contributed by atoms with van der Waals surface area (Å²) in [5.41, 5.74) is 8.98. The van der Waals surface area contributed by atoms with Crippen molar-refractivity contribution < 1.29 is 9.31 Å². The van der Waals surface area contributed by atoms with Gasteiger partial charge in [-0.2, -0.15) is 0 Å². The molecule has 3 aromatic rings. The highest BCUT2D eigenvalue weighted by Gasteiger charge is 2.52. The fraction of sp³-hybridized carbons (Fsp3) is 0.379. The van der Waals surface area contributed by atoms with E-state index in [-0.39, 0.29) is 23.7 Å². The number of benzene rings is 3. The van der Waals surface area contributed by atoms with E-state index in [2.05, 4.69) is 94.4 Å². The second-order valence-corrected chi connectivity index (χ2v) is 10.8. The zero-order valence-electron chi connectivity index (χ0n) is 19.6. The van der Waals surface area contributed by atoms with Gasteiger partial charge in [-0.1, -0.05) is 73.5 Å². The van der Waals surface area contributed by atoms with Crippen LogP contribution in [0.25, 0.3) is 22.3 Å². The molecule has 2 fully saturated rings. The molecular formula is C29H31BO2. The topological polar surface area (TPSA) is 18.5 Å². The zero-order chi connectivity index (χ0) is 22.1. The van der Waals surface area contributed by atoms with Gasteiger partial charge in [0.2, 0.25) is 0 Å². The fourth-order valence-corrected chi connectivity index (χ4v) is 5.98. The van der Waals surface area contributed by atoms with Gasteiger partial charge in [0.25, 0.3) is 0 Å². The van der Waals surface area contributed by atoms with Gasteiger partial charge < -0.3 is 9.31 Å². The second-order valence-electron chi connectivity index (χ2n) is 10.8. The molecule has 0 atom stereocenters. The standard InChI is InChI=1S/C29H31BO2/c1-27(2)28(3,4)32-30(31-27)22-13-14-23-24-18-21(20-10-6-5-7-11-20)12-15-25(24)29(26(23)19-22)16-8-9-17-29/h5-7,10-15,18-19H,8-9,16-17H2,1-4H3. The summed E-state index contributed by atoms with van der Waals surface area (Å²) in [6, 6.07) is 24.8. The average molecular weight is 422 g/mol. The van der Waals surface area contributed by atoms with E-state index in [0.29, 0.717) is 0 Å². The zero-order valence-corrected chi connectivity index (χ0v) is 19.6. The summed E-state index contributed by atoms with van der Waals surface area (Å²) in [6.45, 7) is 8.50. The first kappa shape index (κ1) is 20.3. The molecule has 0 bridgehead atoms. The Morgan fingerprint density at radius 3 is 2.03 bits per heavy atom. The van der Waals surface area contributed by atoms with Crippen LogP contribution in [0.3, 0.4) is 0 Å². The number of hydrogen-bond acceptors (Lipinski definition) is 2. The highest BCUT2D eigenvalue weighted by atomic mass is 16.7. The van der Waals surface area contributed by atoms with Gasteiger partial charge in [-0.05, 0) is 85.4 Å². The summed E-state index contributed by atoms with van der Waals surface area (Å²) in [7, 11) is -0.313. The molecule has 3 heteroatoms. The second kappa shape index (κ2) is 6.82. The predicted octanol–water partition coefficient (Wildman–Crippen LogP) is 6.49. The fourth-order valence-electron chi connectivity index (χ4n) is 5.98. The van der Waals surface area contributed by atoms with Gasteiger partial charge in [0.15, 0.2) is 0 Å². The maximum absolute atomic E-state index is 6.39. The lowest BCUT2D eigenvalue weighted by Crippen LogP contribution is -2.41. The molecule has 6 rings (SSSR count). The minimum absolute atomic E-state index is 0.138. The highest BCUT2D eigenvalue weighted by molar-refractivity contribution is 6.62. The van der Waals surface area contributed by atoms with E-state index in [1.807, 2.05) is 0 Å². The SMILES string of the molecule is CC1(C)OB(c2ccc3c(c2)C2(CCCC2)c2ccc(-c4ccccc4)cc2-3)OC1(C)C. The van der Waals surface area contributed by atoms with Crippen LogP contribution < -0.4 is 5.46 Å². The van der Waals surface area contributed by atoms with Crippen molar-refractivity contribution in [2.45, 2.75) is 70.0 Å². The summed E-state index contributed by atoms with van der Waals surface area (Å²) in [4.78, 5) is 0. The van der Waals surface area contributed by atoms with Gasteiger partial charge in [0, 0.05) is 5.41 Å². The monoisotopic (exact) mass is 422 g/mol. The Bertz CT molecular complexity index is 1170. The number of fused-ring (bicyclic) bond motifs is 5. The third kappa shape index (κ3) is 2.81. The van der Waals surface area contributed by atoms with Gasteiger partial charge in [-0.15, -0.1) is 0 Å². The molecule has 1 saturated carbocycles. The normalized spacial score (nSPS) is 21.7. The number of rotatable bonds is 2. The van der Waals surface area contributed by atoms with Gasteiger partial charge >= 0.3 is 7.12 Å². The van der Waals surface area contributed by atoms with Crippen LogP contribution in [0.4, 0.5) is 0 Å². The lowest BCUT2D eigenvalue weighted by atomic mass is 9.72. The molecule has 32 heavy (non-hydrogen) atoms. The first-order chi connectivity index (χ1) is 15.3. The lowest BCUT2D eigenvalue weighted by molar-refractivity contribution is 0.00578. The predicted molar refractivity (Wildman–Crippen MR) is 132 cm³/mol. The van der Waals surface area contributed by atoms with E-state index in [1.165, 1.54) is 59.1 Å². The van der Waals surface area contributed by atoms with Crippen molar-refractivity contribution in [3.8, 4) is 22.3 Å². The Hall–Kier alpha value is -2.36. The van der Waals surface area contributed by atoms with Crippen molar-refractivity contribution in [2.24, 2.45) is 0 Å². The maximum atomic E-state index is 6.39. The molecule has 2 nitrogen and oxygen atoms in total. The van der Waals surface area contributed by atoms with Crippen LogP contribution in [0.5, 0.6) is 0 Å². The molecule has 0 aromatic heterocycles. The van der Waals surface area contributed by atoms with Crippen molar-refractivity contribution in [2.75, 3.05) is 0 Å². The first-order valence-electron chi connectivity index (χ1n) is 12.0. The Kier molecular flexibility index (Phi) is 4.32. The molecular weight excluding hydrogens is 391 g/mol. The van der Waals surface area contributed by atoms with Crippen LogP contribution >= 0.6 is 0 Å². The van der Waals surface area contributed by atoms with Crippen molar-refractivity contribution in [3.63, 3.8) is 0 Å². The Labute approximate surface area is 192 Å². The lowest BCUT2D eigenvalue weighted by Gasteiger charge is -2.32. The van der Waals surface area contributed by atoms with Crippen molar-refractivity contribution >= 4 is 12.6 Å². The minimum Gasteiger partial charge on any atom is -0.399 e. The van der Waals surface area contributed by atoms with Crippen LogP contribution in [-0.2, 0) is 14.7 Å². The molecule has 0 N–H and O–H groups in total. The van der Waals surface area contributed by atoms with Crippen LogP contribution in [0.2, 0.25) is 0 Å². The molecule has 2 aliphatic carbocycles. The molecule has 1 aliphatic heterocycles. The van der Waals surface area contributed by atoms with Crippen molar-refractivity contribution in [1.29, 1.82) is 0 Å². The smallest absolute Gasteiger partial charge is 0.399 e. The van der Waals surface area contributed by atoms with E-state index in [9.17, 15) is 0 Å². The summed E-state index contributed by atoms with van der Waals surface area (Å²) < 4.78 is 12.8. The summed E-state index contributed by atoms with van der Waals surface area (Å²) >= 11 is 0. The first-order valence-corrected chi connectivity index (χ1v) is 12.0. The van der Waals surface area contributed by atoms with Gasteiger partial charge in [0.05, 0.1) is 11.2 Å². The Morgan fingerprint density at radius 2 is 1.34 bits per heavy atom. The van der Waals surface area contributed by atoms with Gasteiger partial charge in [0.1, 0.15) is 0 Å². The molecule has 1 saturated heterocycles. The molecule has 3 aromatic carbocycles. The largest absolute Gasteiger partial charge is 0.494 e. The molecule has 0 amide bonds. The van der Waals surface area contributed by atoms with E-state index >= 15 is 0 Å². The van der Waals surface area contributed by atoms with Crippen LogP contribution in [-0.4, -0.2) is 18.3 Å². The van der Waals surface area contributed by atoms with Crippen molar-refractivity contribution in [3.05, 3.63) is 77.9 Å². The Morgan fingerprint density at radius 1 is 0.656 bits per heavy atom. The molecule has 1 heterocycles. The van der Waals surface area contributed by atoms with E-state index < -0.39 is 0 Å². The third-order valence-electron chi connectivity index (χ3n) is 8.47. The summed E-state index contributed by atoms with van der Waals surface area (Å²) in [5.74, 6) is 0. The van der Waals surface area contributed by atoms with Gasteiger partial charge in [-0.3, -0.25) is 0 Å². The van der Waals surface area contributed by atoms with Crippen LogP contribution in [0.1, 0.15) is 64.5 Å². The average Bonchev–Trinajstić information content (AvgIpc) is 3.44. The minimum atomic E-state index is -0.324. The van der Waals surface area contributed by atoms with E-state index in [1.54, 1.807) is 0 Å². The molecule has 0 radical (unpaired) electrons. The number of hydrogen-bond donors (Lipinski definition) is 0. The van der Waals surface area contributed by atoms with E-state index in [4.69, 9.17) is 9.31 Å². The van der Waals surface area contributed by atoms with Crippen LogP contribution in [0, 0.1) is 0 Å².